The van der Waals surface area contributed by atoms with Gasteiger partial charge in [0.25, 0.3) is 0 Å². The monoisotopic (exact) mass is 782 g/mol. The Labute approximate surface area is 337 Å². The number of carbonyl (C=O) groups is 4. The van der Waals surface area contributed by atoms with Gasteiger partial charge in [0, 0.05) is 0 Å². The number of carbonyl (C=O) groups excluding carboxylic acids is 3. The molecule has 2 aliphatic rings. The summed E-state index contributed by atoms with van der Waals surface area (Å²) >= 11 is 2.60. The van der Waals surface area contributed by atoms with E-state index in [1.807, 2.05) is 20.8 Å². The van der Waals surface area contributed by atoms with E-state index < -0.39 is 21.4 Å². The summed E-state index contributed by atoms with van der Waals surface area (Å²) in [6.07, 6.45) is 0. The number of nitrogens with zero attached hydrogens (tertiary/aromatic N) is 2. The van der Waals surface area contributed by atoms with Crippen molar-refractivity contribution in [1.82, 2.24) is 10.6 Å². The van der Waals surface area contributed by atoms with E-state index >= 15 is 0 Å². The second kappa shape index (κ2) is 18.7. The number of benzene rings is 4. The smallest absolute Gasteiger partial charge is 0.870 e. The minimum Gasteiger partial charge on any atom is -0.870 e. The van der Waals surface area contributed by atoms with Crippen molar-refractivity contribution in [2.75, 3.05) is 7.11 Å². The van der Waals surface area contributed by atoms with Crippen LogP contribution in [0, 0.1) is 11.6 Å². The Bertz CT molecular complexity index is 2090. The van der Waals surface area contributed by atoms with E-state index in [2.05, 4.69) is 20.6 Å². The molecule has 2 fully saturated rings. The molecule has 11 nitrogen and oxygen atoms in total. The second-order valence-corrected chi connectivity index (χ2v) is 15.3. The SMILES string of the molecule is COC(=O)c1ccc(C2(C)SC(=N[C@@H](C)c3ccc(F)cc3)NC2=O)cc1.C[C@H](N=C1NC(=O)C(C)(c2ccc(C(=O)O)cc2)S1)c1ccc(F)cc1.[Li+].[OH-]. The van der Waals surface area contributed by atoms with Crippen LogP contribution in [0.15, 0.2) is 107 Å². The summed E-state index contributed by atoms with van der Waals surface area (Å²) in [4.78, 5) is 56.7. The van der Waals surface area contributed by atoms with E-state index in [-0.39, 0.29) is 65.4 Å². The van der Waals surface area contributed by atoms with E-state index in [4.69, 9.17) is 9.84 Å². The molecule has 0 saturated carbocycles. The summed E-state index contributed by atoms with van der Waals surface area (Å²) in [5.41, 5.74) is 3.75. The predicted octanol–water partition coefficient (Wildman–Crippen LogP) is 4.35. The number of amides is 2. The first kappa shape index (κ1) is 44.6. The van der Waals surface area contributed by atoms with E-state index in [0.29, 0.717) is 21.5 Å². The number of hydrogen-bond acceptors (Lipinski definition) is 10. The van der Waals surface area contributed by atoms with Crippen molar-refractivity contribution in [3.8, 4) is 0 Å². The quantitative estimate of drug-likeness (QED) is 0.173. The molecule has 4 aromatic carbocycles. The number of carboxylic acids is 1. The van der Waals surface area contributed by atoms with Crippen LogP contribution < -0.4 is 29.5 Å². The molecule has 2 heterocycles. The number of halogens is 2. The first-order valence-corrected chi connectivity index (χ1v) is 18.0. The molecule has 6 rings (SSSR count). The Morgan fingerprint density at radius 3 is 1.35 bits per heavy atom. The number of nitrogens with one attached hydrogen (secondary N) is 2. The van der Waals surface area contributed by atoms with Crippen molar-refractivity contribution in [2.45, 2.75) is 49.3 Å². The number of thioether (sulfide) groups is 2. The van der Waals surface area contributed by atoms with E-state index in [0.717, 1.165) is 16.7 Å². The van der Waals surface area contributed by atoms with E-state index in [9.17, 15) is 28.0 Å². The van der Waals surface area contributed by atoms with Gasteiger partial charge in [-0.05, 0) is 98.5 Å². The molecule has 2 aliphatic heterocycles. The minimum atomic E-state index is -1.01. The molecule has 0 radical (unpaired) electrons. The minimum absolute atomic E-state index is 0. The fraction of sp³-hybridized carbons (Fsp3) is 0.231. The zero-order valence-electron chi connectivity index (χ0n) is 30.8. The van der Waals surface area contributed by atoms with Crippen molar-refractivity contribution in [2.24, 2.45) is 9.98 Å². The van der Waals surface area contributed by atoms with Crippen LogP contribution in [0.2, 0.25) is 0 Å². The number of methoxy groups -OCH3 is 1. The number of aromatic carboxylic acids is 1. The molecule has 4 N–H and O–H groups in total. The van der Waals surface area contributed by atoms with Crippen LogP contribution in [0.1, 0.15) is 82.7 Å². The van der Waals surface area contributed by atoms with Gasteiger partial charge in [0.05, 0.1) is 30.3 Å². The Morgan fingerprint density at radius 1 is 0.673 bits per heavy atom. The Kier molecular flexibility index (Phi) is 15.2. The fourth-order valence-corrected chi connectivity index (χ4v) is 7.69. The molecule has 2 saturated heterocycles. The topological polar surface area (TPSA) is 177 Å². The molecule has 2 unspecified atom stereocenters. The molecule has 0 aromatic heterocycles. The van der Waals surface area contributed by atoms with Gasteiger partial charge in [-0.3, -0.25) is 19.6 Å². The second-order valence-electron chi connectivity index (χ2n) is 12.5. The maximum absolute atomic E-state index is 13.1. The van der Waals surface area contributed by atoms with Gasteiger partial charge in [0.15, 0.2) is 10.3 Å². The van der Waals surface area contributed by atoms with Crippen LogP contribution in [0.3, 0.4) is 0 Å². The van der Waals surface area contributed by atoms with E-state index in [1.165, 1.54) is 67.0 Å². The zero-order chi connectivity index (χ0) is 38.5. The molecule has 0 bridgehead atoms. The van der Waals surface area contributed by atoms with Gasteiger partial charge < -0.3 is 26.0 Å². The Balaban J connectivity index is 0.000000285. The molecule has 16 heteroatoms. The van der Waals surface area contributed by atoms with Gasteiger partial charge in [-0.15, -0.1) is 0 Å². The van der Waals surface area contributed by atoms with Crippen LogP contribution in [0.5, 0.6) is 0 Å². The third-order valence-corrected chi connectivity index (χ3v) is 11.2. The predicted molar refractivity (Wildman–Crippen MR) is 204 cm³/mol. The van der Waals surface area contributed by atoms with Crippen molar-refractivity contribution < 1.29 is 62.1 Å². The molecule has 282 valence electrons. The van der Waals surface area contributed by atoms with Crippen LogP contribution in [-0.2, 0) is 23.8 Å². The molecule has 55 heavy (non-hydrogen) atoms. The van der Waals surface area contributed by atoms with Crippen molar-refractivity contribution in [1.29, 1.82) is 0 Å². The molecule has 2 amide bonds. The van der Waals surface area contributed by atoms with Gasteiger partial charge in [-0.2, -0.15) is 0 Å². The maximum atomic E-state index is 13.1. The molecular weight excluding hydrogens is 746 g/mol. The van der Waals surface area contributed by atoms with Gasteiger partial charge in [0.2, 0.25) is 11.8 Å². The first-order valence-electron chi connectivity index (χ1n) is 16.3. The van der Waals surface area contributed by atoms with Gasteiger partial charge in [-0.1, -0.05) is 72.1 Å². The molecule has 4 aromatic rings. The number of aliphatic imine (C=N–C) groups is 2. The summed E-state index contributed by atoms with van der Waals surface area (Å²) < 4.78 is 29.1. The number of esters is 1. The molecule has 0 aliphatic carbocycles. The summed E-state index contributed by atoms with van der Waals surface area (Å²) in [5, 5.41) is 15.6. The van der Waals surface area contributed by atoms with Crippen molar-refractivity contribution >= 4 is 57.6 Å². The van der Waals surface area contributed by atoms with Crippen molar-refractivity contribution in [3.63, 3.8) is 0 Å². The number of hydrogen-bond donors (Lipinski definition) is 3. The summed E-state index contributed by atoms with van der Waals surface area (Å²) in [6.45, 7) is 7.33. The third-order valence-electron chi connectivity index (χ3n) is 8.78. The van der Waals surface area contributed by atoms with Crippen LogP contribution >= 0.6 is 23.5 Å². The number of amidine groups is 2. The average Bonchev–Trinajstić information content (AvgIpc) is 3.61. The average molecular weight is 783 g/mol. The standard InChI is InChI=1S/C20H19FN2O3S.C19H17FN2O3S.Li.H2O/c1-12(13-6-10-16(21)11-7-13)22-19-23-18(25)20(2,27-19)15-8-4-14(5-9-15)17(24)26-3;1-11(12-5-9-15(20)10-6-12)21-18-22-17(25)19(2,26-18)14-7-3-13(4-8-14)16(23)24;;/h4-12H,1-3H3,(H,22,23,25);3-11H,1-2H3,(H,23,24)(H,21,22,25);;1H2/q;;+1;/p-1/t12-,20?;11-,19?;;/m00../s1. The van der Waals surface area contributed by atoms with Crippen molar-refractivity contribution in [3.05, 3.63) is 142 Å². The molecular formula is C39H37F2LiN4O7S2. The number of carboxylic acid groups (broad SMARTS) is 1. The van der Waals surface area contributed by atoms with Crippen LogP contribution in [-0.4, -0.2) is 51.8 Å². The molecule has 0 spiro atoms. The first-order chi connectivity index (χ1) is 25.1. The summed E-state index contributed by atoms with van der Waals surface area (Å²) in [5.74, 6) is -2.44. The van der Waals surface area contributed by atoms with Gasteiger partial charge >= 0.3 is 30.8 Å². The van der Waals surface area contributed by atoms with Gasteiger partial charge in [-0.25, -0.2) is 18.4 Å². The number of rotatable bonds is 8. The summed E-state index contributed by atoms with van der Waals surface area (Å²) in [6, 6.07) is 24.7. The zero-order valence-corrected chi connectivity index (χ0v) is 32.4. The van der Waals surface area contributed by atoms with Crippen LogP contribution in [0.25, 0.3) is 0 Å². The largest absolute Gasteiger partial charge is 1.00 e. The summed E-state index contributed by atoms with van der Waals surface area (Å²) in [7, 11) is 1.32. The fourth-order valence-electron chi connectivity index (χ4n) is 5.42. The number of ether oxygens (including phenoxy) is 1. The van der Waals surface area contributed by atoms with E-state index in [1.54, 1.807) is 67.6 Å². The molecule has 4 atom stereocenters. The Morgan fingerprint density at radius 2 is 1.02 bits per heavy atom. The normalized spacial score (nSPS) is 21.2. The Hall–Kier alpha value is -4.78. The van der Waals surface area contributed by atoms with Gasteiger partial charge in [0.1, 0.15) is 21.1 Å². The third kappa shape index (κ3) is 10.3. The van der Waals surface area contributed by atoms with Crippen LogP contribution in [0.4, 0.5) is 8.78 Å². The maximum Gasteiger partial charge on any atom is 1.00 e.